The molecule has 1 aromatic heterocycles. The summed E-state index contributed by atoms with van der Waals surface area (Å²) >= 11 is 13.5. The third kappa shape index (κ3) is 5.66. The molecule has 0 spiro atoms. The average molecular weight is 414 g/mol. The first-order valence-corrected chi connectivity index (χ1v) is 10.0. The number of carbonyl (C=O) groups is 1. The van der Waals surface area contributed by atoms with Crippen LogP contribution in [0.25, 0.3) is 0 Å². The first-order valence-electron chi connectivity index (χ1n) is 8.44. The van der Waals surface area contributed by atoms with E-state index in [1.807, 2.05) is 26.0 Å². The highest BCUT2D eigenvalue weighted by Crippen LogP contribution is 2.25. The number of carbonyl (C=O) groups excluding carboxylic acids is 1. The van der Waals surface area contributed by atoms with Crippen molar-refractivity contribution in [2.75, 3.05) is 25.0 Å². The Labute approximate surface area is 167 Å². The molecule has 26 heavy (non-hydrogen) atoms. The van der Waals surface area contributed by atoms with Gasteiger partial charge in [-0.25, -0.2) is 4.98 Å². The maximum absolute atomic E-state index is 12.3. The highest BCUT2D eigenvalue weighted by molar-refractivity contribution is 7.15. The van der Waals surface area contributed by atoms with Gasteiger partial charge in [0.25, 0.3) is 0 Å². The summed E-state index contributed by atoms with van der Waals surface area (Å²) in [7, 11) is 0. The zero-order chi connectivity index (χ0) is 18.7. The first-order chi connectivity index (χ1) is 12.4. The molecule has 8 heteroatoms. The van der Waals surface area contributed by atoms with Crippen molar-refractivity contribution in [1.82, 2.24) is 9.88 Å². The highest BCUT2D eigenvalue weighted by Gasteiger charge is 2.23. The lowest BCUT2D eigenvalue weighted by Gasteiger charge is -2.34. The van der Waals surface area contributed by atoms with E-state index in [2.05, 4.69) is 15.2 Å². The quantitative estimate of drug-likeness (QED) is 0.801. The second kappa shape index (κ2) is 8.67. The summed E-state index contributed by atoms with van der Waals surface area (Å²) in [5, 5.41) is 4.71. The Morgan fingerprint density at radius 1 is 1.27 bits per heavy atom. The van der Waals surface area contributed by atoms with Gasteiger partial charge in [-0.2, -0.15) is 0 Å². The highest BCUT2D eigenvalue weighted by atomic mass is 35.5. The Kier molecular flexibility index (Phi) is 6.53. The fourth-order valence-electron chi connectivity index (χ4n) is 3.14. The lowest BCUT2D eigenvalue weighted by atomic mass is 10.1. The molecule has 3 rings (SSSR count). The van der Waals surface area contributed by atoms with Gasteiger partial charge in [-0.3, -0.25) is 9.69 Å². The first kappa shape index (κ1) is 19.6. The molecule has 1 N–H and O–H groups in total. The van der Waals surface area contributed by atoms with Gasteiger partial charge in [0, 0.05) is 40.6 Å². The minimum atomic E-state index is -0.0574. The molecule has 1 fully saturated rings. The van der Waals surface area contributed by atoms with Crippen molar-refractivity contribution in [3.63, 3.8) is 0 Å². The summed E-state index contributed by atoms with van der Waals surface area (Å²) in [5.74, 6) is -0.0574. The van der Waals surface area contributed by atoms with Crippen LogP contribution in [-0.4, -0.2) is 47.6 Å². The third-order valence-corrected chi connectivity index (χ3v) is 5.31. The van der Waals surface area contributed by atoms with E-state index in [4.69, 9.17) is 27.9 Å². The number of hydrogen-bond acceptors (Lipinski definition) is 5. The minimum absolute atomic E-state index is 0.0574. The molecule has 2 atom stereocenters. The number of amides is 1. The van der Waals surface area contributed by atoms with Crippen LogP contribution in [0.15, 0.2) is 24.4 Å². The number of hydrogen-bond donors (Lipinski definition) is 1. The van der Waals surface area contributed by atoms with Gasteiger partial charge in [0.1, 0.15) is 0 Å². The van der Waals surface area contributed by atoms with Crippen molar-refractivity contribution >= 4 is 45.6 Å². The van der Waals surface area contributed by atoms with Crippen LogP contribution in [0.2, 0.25) is 10.0 Å². The van der Waals surface area contributed by atoms with Crippen LogP contribution in [0.1, 0.15) is 24.3 Å². The van der Waals surface area contributed by atoms with Crippen LogP contribution in [0, 0.1) is 0 Å². The Balaban J connectivity index is 1.55. The van der Waals surface area contributed by atoms with Crippen molar-refractivity contribution in [3.8, 4) is 0 Å². The number of morpholine rings is 1. The monoisotopic (exact) mass is 413 g/mol. The molecule has 0 radical (unpaired) electrons. The van der Waals surface area contributed by atoms with E-state index in [9.17, 15) is 4.79 Å². The maximum Gasteiger partial charge on any atom is 0.240 e. The van der Waals surface area contributed by atoms with E-state index < -0.39 is 0 Å². The molecule has 2 aromatic rings. The molecule has 1 amide bonds. The number of aromatic nitrogens is 1. The van der Waals surface area contributed by atoms with Crippen molar-refractivity contribution in [1.29, 1.82) is 0 Å². The number of anilines is 1. The Morgan fingerprint density at radius 2 is 1.92 bits per heavy atom. The molecule has 0 unspecified atom stereocenters. The number of ether oxygens (including phenoxy) is 1. The second-order valence-electron chi connectivity index (χ2n) is 6.59. The molecular weight excluding hydrogens is 393 g/mol. The number of rotatable bonds is 5. The predicted molar refractivity (Wildman–Crippen MR) is 106 cm³/mol. The molecule has 0 aliphatic carbocycles. The average Bonchev–Trinajstić information content (AvgIpc) is 2.91. The minimum Gasteiger partial charge on any atom is -0.373 e. The van der Waals surface area contributed by atoms with Crippen molar-refractivity contribution in [2.45, 2.75) is 32.5 Å². The zero-order valence-electron chi connectivity index (χ0n) is 14.7. The number of halogens is 2. The van der Waals surface area contributed by atoms with Crippen LogP contribution in [-0.2, 0) is 16.0 Å². The Morgan fingerprint density at radius 3 is 2.58 bits per heavy atom. The van der Waals surface area contributed by atoms with Gasteiger partial charge in [-0.15, -0.1) is 11.3 Å². The van der Waals surface area contributed by atoms with E-state index in [0.717, 1.165) is 23.5 Å². The predicted octanol–water partition coefficient (Wildman–Crippen LogP) is 4.09. The second-order valence-corrected chi connectivity index (χ2v) is 8.57. The molecule has 1 saturated heterocycles. The van der Waals surface area contributed by atoms with Crippen molar-refractivity contribution in [3.05, 3.63) is 44.9 Å². The largest absolute Gasteiger partial charge is 0.373 e. The van der Waals surface area contributed by atoms with Gasteiger partial charge >= 0.3 is 0 Å². The number of benzene rings is 1. The molecule has 0 bridgehead atoms. The number of nitrogens with zero attached hydrogens (tertiary/aromatic N) is 2. The SMILES string of the molecule is C[C@H]1CN(CC(=O)Nc2ncc(Cc3cc(Cl)cc(Cl)c3)s2)C[C@H](C)O1. The molecule has 2 heterocycles. The van der Waals surface area contributed by atoms with Crippen molar-refractivity contribution < 1.29 is 9.53 Å². The molecule has 1 aromatic carbocycles. The summed E-state index contributed by atoms with van der Waals surface area (Å²) in [6, 6.07) is 5.47. The van der Waals surface area contributed by atoms with Crippen LogP contribution in [0.4, 0.5) is 5.13 Å². The Hall–Kier alpha value is -1.18. The molecule has 1 aliphatic heterocycles. The molecule has 0 saturated carbocycles. The van der Waals surface area contributed by atoms with E-state index in [-0.39, 0.29) is 18.1 Å². The topological polar surface area (TPSA) is 54.5 Å². The summed E-state index contributed by atoms with van der Waals surface area (Å²) < 4.78 is 5.69. The van der Waals surface area contributed by atoms with Gasteiger partial charge in [-0.05, 0) is 37.6 Å². The normalized spacial score (nSPS) is 20.9. The zero-order valence-corrected chi connectivity index (χ0v) is 17.0. The van der Waals surface area contributed by atoms with Gasteiger partial charge in [0.15, 0.2) is 5.13 Å². The summed E-state index contributed by atoms with van der Waals surface area (Å²) in [4.78, 5) is 19.7. The molecular formula is C18H21Cl2N3O2S. The Bertz CT molecular complexity index is 753. The summed E-state index contributed by atoms with van der Waals surface area (Å²) in [6.07, 6.45) is 2.73. The van der Waals surface area contributed by atoms with Gasteiger partial charge in [0.05, 0.1) is 18.8 Å². The van der Waals surface area contributed by atoms with E-state index in [0.29, 0.717) is 28.1 Å². The third-order valence-electron chi connectivity index (χ3n) is 3.96. The number of thiazole rings is 1. The fraction of sp³-hybridized carbons (Fsp3) is 0.444. The van der Waals surface area contributed by atoms with Crippen LogP contribution in [0.5, 0.6) is 0 Å². The summed E-state index contributed by atoms with van der Waals surface area (Å²) in [6.45, 7) is 5.91. The lowest BCUT2D eigenvalue weighted by molar-refractivity contribution is -0.121. The molecule has 140 valence electrons. The van der Waals surface area contributed by atoms with E-state index >= 15 is 0 Å². The fourth-order valence-corrected chi connectivity index (χ4v) is 4.57. The van der Waals surface area contributed by atoms with Crippen LogP contribution >= 0.6 is 34.5 Å². The number of nitrogens with one attached hydrogen (secondary N) is 1. The van der Waals surface area contributed by atoms with Gasteiger partial charge in [-0.1, -0.05) is 23.2 Å². The lowest BCUT2D eigenvalue weighted by Crippen LogP contribution is -2.48. The van der Waals surface area contributed by atoms with Crippen molar-refractivity contribution in [2.24, 2.45) is 0 Å². The smallest absolute Gasteiger partial charge is 0.240 e. The van der Waals surface area contributed by atoms with Crippen LogP contribution in [0.3, 0.4) is 0 Å². The van der Waals surface area contributed by atoms with Gasteiger partial charge < -0.3 is 10.1 Å². The van der Waals surface area contributed by atoms with E-state index in [1.54, 1.807) is 12.3 Å². The molecule has 5 nitrogen and oxygen atoms in total. The van der Waals surface area contributed by atoms with Gasteiger partial charge in [0.2, 0.25) is 5.91 Å². The van der Waals surface area contributed by atoms with Crippen LogP contribution < -0.4 is 5.32 Å². The summed E-state index contributed by atoms with van der Waals surface area (Å²) in [5.41, 5.74) is 1.01. The van der Waals surface area contributed by atoms with E-state index in [1.165, 1.54) is 11.3 Å². The standard InChI is InChI=1S/C18H21Cl2N3O2S/c1-11-8-23(9-12(2)25-11)10-17(24)22-18-21-7-16(26-18)5-13-3-14(19)6-15(20)4-13/h3-4,6-7,11-12H,5,8-10H2,1-2H3,(H,21,22,24)/t11-,12-/m0/s1. The molecule has 1 aliphatic rings. The maximum atomic E-state index is 12.3.